The van der Waals surface area contributed by atoms with Gasteiger partial charge in [-0.05, 0) is 13.3 Å². The highest BCUT2D eigenvalue weighted by atomic mass is 16.1. The van der Waals surface area contributed by atoms with Gasteiger partial charge in [-0.1, -0.05) is 20.3 Å². The van der Waals surface area contributed by atoms with E-state index in [2.05, 4.69) is 22.2 Å². The summed E-state index contributed by atoms with van der Waals surface area (Å²) < 4.78 is 0. The summed E-state index contributed by atoms with van der Waals surface area (Å²) in [6.45, 7) is 6.09. The molecule has 1 aromatic rings. The first kappa shape index (κ1) is 13.4. The lowest BCUT2D eigenvalue weighted by Gasteiger charge is -2.15. The zero-order valence-corrected chi connectivity index (χ0v) is 10.6. The molecule has 0 amide bonds. The average Bonchev–Trinajstić information content (AvgIpc) is 2.28. The number of rotatable bonds is 6. The van der Waals surface area contributed by atoms with E-state index in [1.54, 1.807) is 0 Å². The van der Waals surface area contributed by atoms with Crippen LogP contribution in [0.2, 0.25) is 0 Å². The van der Waals surface area contributed by atoms with Gasteiger partial charge in [0, 0.05) is 18.7 Å². The molecule has 1 heterocycles. The molecular weight excluding hydrogens is 216 g/mol. The Hall–Kier alpha value is -1.65. The van der Waals surface area contributed by atoms with Gasteiger partial charge in [-0.3, -0.25) is 4.79 Å². The van der Waals surface area contributed by atoms with Crippen molar-refractivity contribution in [1.82, 2.24) is 9.97 Å². The lowest BCUT2D eigenvalue weighted by atomic mass is 10.2. The maximum absolute atomic E-state index is 11.7. The third kappa shape index (κ3) is 3.41. The Morgan fingerprint density at radius 1 is 1.53 bits per heavy atom. The Kier molecular flexibility index (Phi) is 4.87. The first-order valence-corrected chi connectivity index (χ1v) is 6.02. The Labute approximate surface area is 101 Å². The Morgan fingerprint density at radius 2 is 2.24 bits per heavy atom. The molecule has 3 N–H and O–H groups in total. The van der Waals surface area contributed by atoms with Crippen LogP contribution in [-0.2, 0) is 6.42 Å². The molecule has 0 radical (unpaired) electrons. The number of aryl methyl sites for hydroxylation is 1. The lowest BCUT2D eigenvalue weighted by molar-refractivity contribution is 0.685. The molecule has 94 valence electrons. The van der Waals surface area contributed by atoms with Crippen molar-refractivity contribution in [3.8, 4) is 0 Å². The summed E-state index contributed by atoms with van der Waals surface area (Å²) in [6, 6.07) is 0.248. The van der Waals surface area contributed by atoms with Gasteiger partial charge in [0.25, 0.3) is 5.56 Å². The van der Waals surface area contributed by atoms with Gasteiger partial charge in [-0.2, -0.15) is 0 Å². The highest BCUT2D eigenvalue weighted by Gasteiger charge is 2.10. The zero-order valence-electron chi connectivity index (χ0n) is 10.6. The van der Waals surface area contributed by atoms with Crippen molar-refractivity contribution in [1.29, 1.82) is 5.41 Å². The topological polar surface area (TPSA) is 81.6 Å². The van der Waals surface area contributed by atoms with Crippen molar-refractivity contribution >= 4 is 12.0 Å². The fourth-order valence-corrected chi connectivity index (χ4v) is 1.68. The van der Waals surface area contributed by atoms with Crippen molar-refractivity contribution in [3.05, 3.63) is 21.7 Å². The van der Waals surface area contributed by atoms with E-state index in [1.807, 2.05) is 13.8 Å². The number of hydrogen-bond acceptors (Lipinski definition) is 4. The van der Waals surface area contributed by atoms with Crippen LogP contribution in [0, 0.1) is 5.41 Å². The largest absolute Gasteiger partial charge is 0.367 e. The second-order valence-corrected chi connectivity index (χ2v) is 4.11. The number of hydrogen-bond donors (Lipinski definition) is 3. The number of aromatic amines is 1. The molecule has 0 fully saturated rings. The molecule has 0 aliphatic carbocycles. The molecule has 0 saturated carbocycles. The number of nitrogens with one attached hydrogen (secondary N) is 3. The van der Waals surface area contributed by atoms with E-state index < -0.39 is 0 Å². The van der Waals surface area contributed by atoms with Crippen molar-refractivity contribution in [3.63, 3.8) is 0 Å². The SMILES string of the molecule is CCCC(C)Nc1nc(CC)[nH]c(=O)c1C=N. The molecule has 0 aliphatic heterocycles. The van der Waals surface area contributed by atoms with Gasteiger partial charge in [-0.25, -0.2) is 4.98 Å². The van der Waals surface area contributed by atoms with Crippen LogP contribution < -0.4 is 10.9 Å². The monoisotopic (exact) mass is 236 g/mol. The summed E-state index contributed by atoms with van der Waals surface area (Å²) in [5.41, 5.74) is 0.0446. The molecule has 1 atom stereocenters. The second-order valence-electron chi connectivity index (χ2n) is 4.11. The normalized spacial score (nSPS) is 12.2. The van der Waals surface area contributed by atoms with Gasteiger partial charge in [-0.15, -0.1) is 0 Å². The Bertz CT molecular complexity index is 439. The van der Waals surface area contributed by atoms with Crippen LogP contribution >= 0.6 is 0 Å². The molecule has 5 heteroatoms. The summed E-state index contributed by atoms with van der Waals surface area (Å²) in [5.74, 6) is 1.16. The second kappa shape index (κ2) is 6.18. The fourth-order valence-electron chi connectivity index (χ4n) is 1.68. The molecule has 0 aliphatic rings. The predicted octanol–water partition coefficient (Wildman–Crippen LogP) is 1.93. The van der Waals surface area contributed by atoms with E-state index in [1.165, 1.54) is 0 Å². The van der Waals surface area contributed by atoms with E-state index >= 15 is 0 Å². The molecular formula is C12H20N4O. The van der Waals surface area contributed by atoms with Crippen LogP contribution in [0.3, 0.4) is 0 Å². The first-order valence-electron chi connectivity index (χ1n) is 6.02. The van der Waals surface area contributed by atoms with E-state index in [0.717, 1.165) is 19.1 Å². The molecule has 5 nitrogen and oxygen atoms in total. The van der Waals surface area contributed by atoms with Crippen molar-refractivity contribution in [2.45, 2.75) is 46.1 Å². The number of H-pyrrole nitrogens is 1. The molecule has 0 bridgehead atoms. The quantitative estimate of drug-likeness (QED) is 0.660. The summed E-state index contributed by atoms with van der Waals surface area (Å²) in [6.07, 6.45) is 3.79. The third-order valence-corrected chi connectivity index (χ3v) is 2.59. The van der Waals surface area contributed by atoms with E-state index in [0.29, 0.717) is 23.6 Å². The smallest absolute Gasteiger partial charge is 0.261 e. The van der Waals surface area contributed by atoms with Crippen molar-refractivity contribution in [2.24, 2.45) is 0 Å². The van der Waals surface area contributed by atoms with Gasteiger partial charge < -0.3 is 15.7 Å². The third-order valence-electron chi connectivity index (χ3n) is 2.59. The lowest BCUT2D eigenvalue weighted by Crippen LogP contribution is -2.24. The van der Waals surface area contributed by atoms with E-state index in [-0.39, 0.29) is 11.6 Å². The van der Waals surface area contributed by atoms with Gasteiger partial charge in [0.15, 0.2) is 0 Å². The molecule has 0 aromatic carbocycles. The number of nitrogens with zero attached hydrogens (tertiary/aromatic N) is 1. The fraction of sp³-hybridized carbons (Fsp3) is 0.583. The zero-order chi connectivity index (χ0) is 12.8. The Morgan fingerprint density at radius 3 is 2.76 bits per heavy atom. The van der Waals surface area contributed by atoms with Crippen LogP contribution in [0.4, 0.5) is 5.82 Å². The van der Waals surface area contributed by atoms with Gasteiger partial charge >= 0.3 is 0 Å². The van der Waals surface area contributed by atoms with Crippen LogP contribution in [0.5, 0.6) is 0 Å². The minimum absolute atomic E-state index is 0.248. The maximum atomic E-state index is 11.7. The minimum atomic E-state index is -0.252. The molecule has 0 saturated heterocycles. The summed E-state index contributed by atoms with van der Waals surface area (Å²) in [7, 11) is 0. The van der Waals surface area contributed by atoms with Crippen LogP contribution in [0.25, 0.3) is 0 Å². The van der Waals surface area contributed by atoms with Gasteiger partial charge in [0.2, 0.25) is 0 Å². The molecule has 1 aromatic heterocycles. The summed E-state index contributed by atoms with van der Waals surface area (Å²) in [5, 5.41) is 10.5. The summed E-state index contributed by atoms with van der Waals surface area (Å²) in [4.78, 5) is 18.7. The predicted molar refractivity (Wildman–Crippen MR) is 70.1 cm³/mol. The number of anilines is 1. The van der Waals surface area contributed by atoms with Crippen LogP contribution in [0.15, 0.2) is 4.79 Å². The molecule has 0 spiro atoms. The minimum Gasteiger partial charge on any atom is -0.367 e. The highest BCUT2D eigenvalue weighted by molar-refractivity contribution is 5.83. The van der Waals surface area contributed by atoms with Crippen LogP contribution in [0.1, 0.15) is 45.0 Å². The molecule has 1 rings (SSSR count). The molecule has 17 heavy (non-hydrogen) atoms. The van der Waals surface area contributed by atoms with Crippen molar-refractivity contribution < 1.29 is 0 Å². The van der Waals surface area contributed by atoms with E-state index in [9.17, 15) is 4.79 Å². The number of aromatic nitrogens is 2. The first-order chi connectivity index (χ1) is 8.12. The standard InChI is InChI=1S/C12H20N4O/c1-4-6-8(3)14-11-9(7-13)12(17)16-10(5-2)15-11/h7-8,13H,4-6H2,1-3H3,(H2,14,15,16,17). The van der Waals surface area contributed by atoms with Crippen LogP contribution in [-0.4, -0.2) is 22.2 Å². The molecule has 1 unspecified atom stereocenters. The van der Waals surface area contributed by atoms with Gasteiger partial charge in [0.05, 0.1) is 5.56 Å². The Balaban J connectivity index is 3.07. The van der Waals surface area contributed by atoms with E-state index in [4.69, 9.17) is 5.41 Å². The average molecular weight is 236 g/mol. The van der Waals surface area contributed by atoms with Crippen molar-refractivity contribution in [2.75, 3.05) is 5.32 Å². The maximum Gasteiger partial charge on any atom is 0.261 e. The highest BCUT2D eigenvalue weighted by Crippen LogP contribution is 2.10. The van der Waals surface area contributed by atoms with Gasteiger partial charge in [0.1, 0.15) is 11.6 Å². The summed E-state index contributed by atoms with van der Waals surface area (Å²) >= 11 is 0.